The summed E-state index contributed by atoms with van der Waals surface area (Å²) in [6.07, 6.45) is 1.34. The molecule has 4 nitrogen and oxygen atoms in total. The molecular weight excluding hydrogens is 232 g/mol. The minimum atomic E-state index is -0.521. The summed E-state index contributed by atoms with van der Waals surface area (Å²) in [5, 5.41) is 8.95. The van der Waals surface area contributed by atoms with Gasteiger partial charge >= 0.3 is 5.97 Å². The first-order valence-electron chi connectivity index (χ1n) is 6.49. The van der Waals surface area contributed by atoms with E-state index in [1.165, 1.54) is 7.11 Å². The van der Waals surface area contributed by atoms with Crippen molar-refractivity contribution in [2.24, 2.45) is 10.8 Å². The van der Waals surface area contributed by atoms with Gasteiger partial charge in [-0.2, -0.15) is 0 Å². The highest BCUT2D eigenvalue weighted by Crippen LogP contribution is 2.36. The summed E-state index contributed by atoms with van der Waals surface area (Å²) >= 11 is 0. The highest BCUT2D eigenvalue weighted by atomic mass is 16.6. The average molecular weight is 260 g/mol. The number of aliphatic hydroxyl groups excluding tert-OH is 1. The van der Waals surface area contributed by atoms with Crippen LogP contribution in [-0.2, 0) is 14.3 Å². The number of carbonyl (C=O) groups excluding carboxylic acids is 1. The van der Waals surface area contributed by atoms with Crippen molar-refractivity contribution in [3.63, 3.8) is 0 Å². The Morgan fingerprint density at radius 2 is 1.83 bits per heavy atom. The van der Waals surface area contributed by atoms with Crippen LogP contribution in [0.3, 0.4) is 0 Å². The van der Waals surface area contributed by atoms with Crippen molar-refractivity contribution in [1.82, 2.24) is 0 Å². The molecule has 0 bridgehead atoms. The Morgan fingerprint density at radius 1 is 1.28 bits per heavy atom. The lowest BCUT2D eigenvalue weighted by molar-refractivity contribution is -0.160. The third kappa shape index (κ3) is 5.83. The van der Waals surface area contributed by atoms with Gasteiger partial charge in [0.25, 0.3) is 0 Å². The molecule has 0 radical (unpaired) electrons. The normalized spacial score (nSPS) is 14.4. The van der Waals surface area contributed by atoms with Crippen LogP contribution >= 0.6 is 0 Å². The smallest absolute Gasteiger partial charge is 0.311 e. The van der Waals surface area contributed by atoms with Crippen molar-refractivity contribution >= 4 is 5.97 Å². The lowest BCUT2D eigenvalue weighted by atomic mass is 9.74. The lowest BCUT2D eigenvalue weighted by Gasteiger charge is -2.32. The molecule has 1 unspecified atom stereocenters. The summed E-state index contributed by atoms with van der Waals surface area (Å²) in [6.45, 7) is 10.2. The molecule has 1 N–H and O–H groups in total. The van der Waals surface area contributed by atoms with Crippen molar-refractivity contribution in [3.8, 4) is 0 Å². The molecule has 0 aliphatic carbocycles. The van der Waals surface area contributed by atoms with E-state index in [1.54, 1.807) is 0 Å². The van der Waals surface area contributed by atoms with E-state index in [9.17, 15) is 4.79 Å². The van der Waals surface area contributed by atoms with Crippen molar-refractivity contribution in [2.75, 3.05) is 20.3 Å². The lowest BCUT2D eigenvalue weighted by Crippen LogP contribution is -2.34. The monoisotopic (exact) mass is 260 g/mol. The maximum atomic E-state index is 12.0. The van der Waals surface area contributed by atoms with Crippen molar-refractivity contribution in [2.45, 2.75) is 53.6 Å². The van der Waals surface area contributed by atoms with E-state index < -0.39 is 11.5 Å². The molecule has 0 saturated carbocycles. The molecule has 1 atom stereocenters. The molecule has 0 heterocycles. The topological polar surface area (TPSA) is 55.8 Å². The Bertz CT molecular complexity index is 255. The minimum Gasteiger partial charge on any atom is -0.462 e. The molecule has 0 aliphatic rings. The van der Waals surface area contributed by atoms with Crippen molar-refractivity contribution < 1.29 is 19.4 Å². The maximum Gasteiger partial charge on any atom is 0.311 e. The number of carbonyl (C=O) groups is 1. The van der Waals surface area contributed by atoms with Gasteiger partial charge in [0.2, 0.25) is 0 Å². The fraction of sp³-hybridized carbons (Fsp3) is 0.929. The van der Waals surface area contributed by atoms with E-state index >= 15 is 0 Å². The summed E-state index contributed by atoms with van der Waals surface area (Å²) in [5.74, 6) is -0.237. The number of esters is 1. The fourth-order valence-corrected chi connectivity index (χ4v) is 1.95. The van der Waals surface area contributed by atoms with Gasteiger partial charge in [-0.1, -0.05) is 27.2 Å². The second kappa shape index (κ2) is 7.10. The Morgan fingerprint density at radius 3 is 2.22 bits per heavy atom. The Labute approximate surface area is 111 Å². The SMILES string of the molecule is CCC(C)(C)CC(C)(C)C(=O)OCC(CO)OC. The first-order valence-corrected chi connectivity index (χ1v) is 6.49. The zero-order valence-corrected chi connectivity index (χ0v) is 12.6. The van der Waals surface area contributed by atoms with Gasteiger partial charge in [0.1, 0.15) is 12.7 Å². The van der Waals surface area contributed by atoms with Crippen LogP contribution in [0.2, 0.25) is 0 Å². The van der Waals surface area contributed by atoms with Gasteiger partial charge in [-0.05, 0) is 25.7 Å². The van der Waals surface area contributed by atoms with Crippen LogP contribution in [0.1, 0.15) is 47.5 Å². The van der Waals surface area contributed by atoms with Crippen molar-refractivity contribution in [3.05, 3.63) is 0 Å². The van der Waals surface area contributed by atoms with Crippen LogP contribution in [0.4, 0.5) is 0 Å². The molecule has 0 saturated heterocycles. The van der Waals surface area contributed by atoms with E-state index in [0.29, 0.717) is 0 Å². The number of hydrogen-bond donors (Lipinski definition) is 1. The second-order valence-corrected chi connectivity index (χ2v) is 6.22. The molecule has 0 fully saturated rings. The average Bonchev–Trinajstić information content (AvgIpc) is 2.28. The van der Waals surface area contributed by atoms with Gasteiger partial charge in [-0.15, -0.1) is 0 Å². The van der Waals surface area contributed by atoms with Gasteiger partial charge in [0, 0.05) is 7.11 Å². The molecule has 0 spiro atoms. The Hall–Kier alpha value is -0.610. The van der Waals surface area contributed by atoms with Crippen LogP contribution in [0.15, 0.2) is 0 Å². The fourth-order valence-electron chi connectivity index (χ4n) is 1.95. The first-order chi connectivity index (χ1) is 8.18. The summed E-state index contributed by atoms with van der Waals surface area (Å²) in [7, 11) is 1.49. The molecule has 108 valence electrons. The number of methoxy groups -OCH3 is 1. The van der Waals surface area contributed by atoms with E-state index in [4.69, 9.17) is 14.6 Å². The Kier molecular flexibility index (Phi) is 6.86. The van der Waals surface area contributed by atoms with Crippen LogP contribution in [0.25, 0.3) is 0 Å². The number of ether oxygens (including phenoxy) is 2. The number of aliphatic hydroxyl groups is 1. The molecule has 0 rings (SSSR count). The van der Waals surface area contributed by atoms with Gasteiger partial charge in [0.15, 0.2) is 0 Å². The standard InChI is InChI=1S/C14H28O4/c1-7-13(2,3)10-14(4,5)12(16)18-9-11(8-15)17-6/h11,15H,7-10H2,1-6H3. The predicted molar refractivity (Wildman–Crippen MR) is 71.3 cm³/mol. The molecular formula is C14H28O4. The zero-order valence-electron chi connectivity index (χ0n) is 12.6. The van der Waals surface area contributed by atoms with Crippen LogP contribution in [-0.4, -0.2) is 37.5 Å². The summed E-state index contributed by atoms with van der Waals surface area (Å²) in [4.78, 5) is 12.0. The van der Waals surface area contributed by atoms with Crippen molar-refractivity contribution in [1.29, 1.82) is 0 Å². The zero-order chi connectivity index (χ0) is 14.4. The van der Waals surface area contributed by atoms with E-state index in [0.717, 1.165) is 12.8 Å². The van der Waals surface area contributed by atoms with Crippen LogP contribution < -0.4 is 0 Å². The highest BCUT2D eigenvalue weighted by Gasteiger charge is 2.35. The molecule has 0 aromatic rings. The largest absolute Gasteiger partial charge is 0.462 e. The highest BCUT2D eigenvalue weighted by molar-refractivity contribution is 5.76. The molecule has 0 amide bonds. The summed E-state index contributed by atoms with van der Waals surface area (Å²) in [6, 6.07) is 0. The summed E-state index contributed by atoms with van der Waals surface area (Å²) < 4.78 is 10.2. The van der Waals surface area contributed by atoms with Gasteiger partial charge in [0.05, 0.1) is 12.0 Å². The van der Waals surface area contributed by atoms with E-state index in [2.05, 4.69) is 20.8 Å². The van der Waals surface area contributed by atoms with Gasteiger partial charge in [-0.3, -0.25) is 4.79 Å². The van der Waals surface area contributed by atoms with Gasteiger partial charge in [-0.25, -0.2) is 0 Å². The molecule has 0 aliphatic heterocycles. The number of hydrogen-bond acceptors (Lipinski definition) is 4. The molecule has 0 aromatic carbocycles. The maximum absolute atomic E-state index is 12.0. The minimum absolute atomic E-state index is 0.0990. The Balaban J connectivity index is 4.39. The van der Waals surface area contributed by atoms with Crippen LogP contribution in [0, 0.1) is 10.8 Å². The van der Waals surface area contributed by atoms with E-state index in [1.807, 2.05) is 13.8 Å². The molecule has 4 heteroatoms. The first kappa shape index (κ1) is 17.4. The molecule has 18 heavy (non-hydrogen) atoms. The number of rotatable bonds is 8. The second-order valence-electron chi connectivity index (χ2n) is 6.22. The van der Waals surface area contributed by atoms with Gasteiger partial charge < -0.3 is 14.6 Å². The van der Waals surface area contributed by atoms with E-state index in [-0.39, 0.29) is 24.6 Å². The molecule has 0 aromatic heterocycles. The predicted octanol–water partition coefficient (Wildman–Crippen LogP) is 2.39. The third-order valence-corrected chi connectivity index (χ3v) is 3.37. The summed E-state index contributed by atoms with van der Waals surface area (Å²) in [5.41, 5.74) is -0.409. The third-order valence-electron chi connectivity index (χ3n) is 3.37. The van der Waals surface area contributed by atoms with Crippen LogP contribution in [0.5, 0.6) is 0 Å². The quantitative estimate of drug-likeness (QED) is 0.681.